The van der Waals surface area contributed by atoms with Crippen molar-refractivity contribution >= 4 is 23.1 Å². The van der Waals surface area contributed by atoms with E-state index in [9.17, 15) is 4.79 Å². The first kappa shape index (κ1) is 15.6. The molecule has 104 valence electrons. The van der Waals surface area contributed by atoms with Crippen LogP contribution in [0.2, 0.25) is 0 Å². The molecule has 0 radical (unpaired) electrons. The van der Waals surface area contributed by atoms with E-state index in [1.807, 2.05) is 7.05 Å². The SMILES string of the molecule is CC(C)CC(C)N(C)C(=O)c1ccc(C(N)=S)cc1. The van der Waals surface area contributed by atoms with Crippen LogP contribution in [-0.4, -0.2) is 28.9 Å². The minimum atomic E-state index is 0.0302. The Labute approximate surface area is 120 Å². The Kier molecular flexibility index (Phi) is 5.48. The normalized spacial score (nSPS) is 12.3. The fourth-order valence-corrected chi connectivity index (χ4v) is 2.16. The van der Waals surface area contributed by atoms with E-state index in [0.29, 0.717) is 16.5 Å². The van der Waals surface area contributed by atoms with Gasteiger partial charge in [-0.3, -0.25) is 4.79 Å². The zero-order chi connectivity index (χ0) is 14.6. The van der Waals surface area contributed by atoms with Crippen molar-refractivity contribution in [1.82, 2.24) is 4.90 Å². The molecule has 1 aromatic rings. The Morgan fingerprint density at radius 1 is 1.21 bits per heavy atom. The average molecular weight is 278 g/mol. The van der Waals surface area contributed by atoms with Crippen LogP contribution in [0.4, 0.5) is 0 Å². The summed E-state index contributed by atoms with van der Waals surface area (Å²) in [6.45, 7) is 6.39. The van der Waals surface area contributed by atoms with Crippen LogP contribution in [0.5, 0.6) is 0 Å². The number of hydrogen-bond donors (Lipinski definition) is 1. The lowest BCUT2D eigenvalue weighted by Gasteiger charge is -2.26. The van der Waals surface area contributed by atoms with Crippen molar-refractivity contribution in [3.05, 3.63) is 35.4 Å². The first-order valence-corrected chi connectivity index (χ1v) is 6.90. The molecule has 0 heterocycles. The molecule has 0 aliphatic rings. The van der Waals surface area contributed by atoms with Crippen molar-refractivity contribution in [2.75, 3.05) is 7.05 Å². The molecule has 2 N–H and O–H groups in total. The fourth-order valence-electron chi connectivity index (χ4n) is 2.02. The number of hydrogen-bond acceptors (Lipinski definition) is 2. The highest BCUT2D eigenvalue weighted by Crippen LogP contribution is 2.13. The Balaban J connectivity index is 2.79. The highest BCUT2D eigenvalue weighted by molar-refractivity contribution is 7.80. The standard InChI is InChI=1S/C15H22N2OS/c1-10(2)9-11(3)17(4)15(18)13-7-5-12(6-8-13)14(16)19/h5-8,10-11H,9H2,1-4H3,(H2,16,19). The molecule has 1 rings (SSSR count). The van der Waals surface area contributed by atoms with Gasteiger partial charge in [0.2, 0.25) is 0 Å². The maximum atomic E-state index is 12.3. The zero-order valence-corrected chi connectivity index (χ0v) is 12.8. The lowest BCUT2D eigenvalue weighted by Crippen LogP contribution is -2.35. The van der Waals surface area contributed by atoms with Gasteiger partial charge >= 0.3 is 0 Å². The lowest BCUT2D eigenvalue weighted by molar-refractivity contribution is 0.0728. The van der Waals surface area contributed by atoms with E-state index in [2.05, 4.69) is 20.8 Å². The molecule has 1 unspecified atom stereocenters. The van der Waals surface area contributed by atoms with Crippen LogP contribution in [0.1, 0.15) is 43.1 Å². The molecule has 0 spiro atoms. The molecule has 19 heavy (non-hydrogen) atoms. The van der Waals surface area contributed by atoms with Gasteiger partial charge in [0.25, 0.3) is 5.91 Å². The number of rotatable bonds is 5. The van der Waals surface area contributed by atoms with E-state index in [1.54, 1.807) is 29.2 Å². The first-order valence-electron chi connectivity index (χ1n) is 6.50. The van der Waals surface area contributed by atoms with Crippen LogP contribution < -0.4 is 5.73 Å². The molecule has 0 aliphatic heterocycles. The van der Waals surface area contributed by atoms with Crippen LogP contribution >= 0.6 is 12.2 Å². The smallest absolute Gasteiger partial charge is 0.253 e. The summed E-state index contributed by atoms with van der Waals surface area (Å²) in [5.41, 5.74) is 6.99. The number of thiocarbonyl (C=S) groups is 1. The first-order chi connectivity index (χ1) is 8.82. The predicted molar refractivity (Wildman–Crippen MR) is 83.3 cm³/mol. The molecule has 0 fully saturated rings. The second-order valence-corrected chi connectivity index (χ2v) is 5.78. The Morgan fingerprint density at radius 2 is 1.68 bits per heavy atom. The summed E-state index contributed by atoms with van der Waals surface area (Å²) >= 11 is 4.89. The van der Waals surface area contributed by atoms with E-state index in [0.717, 1.165) is 12.0 Å². The molecule has 1 atom stereocenters. The summed E-state index contributed by atoms with van der Waals surface area (Å²) in [4.78, 5) is 14.4. The molecule has 4 heteroatoms. The van der Waals surface area contributed by atoms with Gasteiger partial charge in [-0.25, -0.2) is 0 Å². The lowest BCUT2D eigenvalue weighted by atomic mass is 10.0. The molecule has 0 saturated heterocycles. The van der Waals surface area contributed by atoms with Crippen LogP contribution in [0.3, 0.4) is 0 Å². The molecule has 1 amide bonds. The fraction of sp³-hybridized carbons (Fsp3) is 0.467. The van der Waals surface area contributed by atoms with E-state index >= 15 is 0 Å². The molecular formula is C15H22N2OS. The van der Waals surface area contributed by atoms with Crippen molar-refractivity contribution in [2.24, 2.45) is 11.7 Å². The number of carbonyl (C=O) groups excluding carboxylic acids is 1. The number of nitrogens with zero attached hydrogens (tertiary/aromatic N) is 1. The predicted octanol–water partition coefficient (Wildman–Crippen LogP) is 2.83. The van der Waals surface area contributed by atoms with Gasteiger partial charge in [0.15, 0.2) is 0 Å². The maximum Gasteiger partial charge on any atom is 0.253 e. The number of amides is 1. The van der Waals surface area contributed by atoms with Crippen LogP contribution in [-0.2, 0) is 0 Å². The number of benzene rings is 1. The summed E-state index contributed by atoms with van der Waals surface area (Å²) < 4.78 is 0. The quantitative estimate of drug-likeness (QED) is 0.842. The summed E-state index contributed by atoms with van der Waals surface area (Å²) in [5.74, 6) is 0.602. The van der Waals surface area contributed by atoms with Crippen molar-refractivity contribution in [3.8, 4) is 0 Å². The monoisotopic (exact) mass is 278 g/mol. The maximum absolute atomic E-state index is 12.3. The van der Waals surface area contributed by atoms with Gasteiger partial charge in [-0.05, 0) is 31.4 Å². The number of nitrogens with two attached hydrogens (primary N) is 1. The molecule has 0 aromatic heterocycles. The minimum Gasteiger partial charge on any atom is -0.389 e. The van der Waals surface area contributed by atoms with Crippen LogP contribution in [0, 0.1) is 5.92 Å². The van der Waals surface area contributed by atoms with E-state index in [4.69, 9.17) is 18.0 Å². The van der Waals surface area contributed by atoms with Gasteiger partial charge in [-0.2, -0.15) is 0 Å². The van der Waals surface area contributed by atoms with E-state index in [-0.39, 0.29) is 11.9 Å². The molecule has 0 saturated carbocycles. The topological polar surface area (TPSA) is 46.3 Å². The third-order valence-electron chi connectivity index (χ3n) is 3.21. The van der Waals surface area contributed by atoms with Gasteiger partial charge < -0.3 is 10.6 Å². The third kappa shape index (κ3) is 4.31. The minimum absolute atomic E-state index is 0.0302. The highest BCUT2D eigenvalue weighted by Gasteiger charge is 2.18. The molecule has 1 aromatic carbocycles. The summed E-state index contributed by atoms with van der Waals surface area (Å²) in [6.07, 6.45) is 0.993. The molecular weight excluding hydrogens is 256 g/mol. The van der Waals surface area contributed by atoms with Gasteiger partial charge in [-0.1, -0.05) is 38.2 Å². The zero-order valence-electron chi connectivity index (χ0n) is 12.0. The summed E-state index contributed by atoms with van der Waals surface area (Å²) in [5, 5.41) is 0. The van der Waals surface area contributed by atoms with Crippen molar-refractivity contribution in [2.45, 2.75) is 33.2 Å². The van der Waals surface area contributed by atoms with Crippen LogP contribution in [0.15, 0.2) is 24.3 Å². The highest BCUT2D eigenvalue weighted by atomic mass is 32.1. The second-order valence-electron chi connectivity index (χ2n) is 5.34. The van der Waals surface area contributed by atoms with Gasteiger partial charge in [0, 0.05) is 24.2 Å². The summed E-state index contributed by atoms with van der Waals surface area (Å²) in [6, 6.07) is 7.35. The molecule has 0 aliphatic carbocycles. The van der Waals surface area contributed by atoms with Gasteiger partial charge in [-0.15, -0.1) is 0 Å². The third-order valence-corrected chi connectivity index (χ3v) is 3.45. The van der Waals surface area contributed by atoms with E-state index in [1.165, 1.54) is 0 Å². The Bertz CT molecular complexity index is 454. The van der Waals surface area contributed by atoms with Crippen molar-refractivity contribution < 1.29 is 4.79 Å². The summed E-state index contributed by atoms with van der Waals surface area (Å²) in [7, 11) is 1.84. The van der Waals surface area contributed by atoms with Crippen molar-refractivity contribution in [1.29, 1.82) is 0 Å². The van der Waals surface area contributed by atoms with Gasteiger partial charge in [0.1, 0.15) is 4.99 Å². The second kappa shape index (κ2) is 6.66. The Morgan fingerprint density at radius 3 is 2.11 bits per heavy atom. The van der Waals surface area contributed by atoms with Gasteiger partial charge in [0.05, 0.1) is 0 Å². The molecule has 0 bridgehead atoms. The number of carbonyl (C=O) groups is 1. The van der Waals surface area contributed by atoms with E-state index < -0.39 is 0 Å². The van der Waals surface area contributed by atoms with Crippen molar-refractivity contribution in [3.63, 3.8) is 0 Å². The average Bonchev–Trinajstić information content (AvgIpc) is 2.36. The Hall–Kier alpha value is -1.42. The van der Waals surface area contributed by atoms with Crippen LogP contribution in [0.25, 0.3) is 0 Å². The molecule has 3 nitrogen and oxygen atoms in total. The largest absolute Gasteiger partial charge is 0.389 e.